The lowest BCUT2D eigenvalue weighted by atomic mass is 10.1. The molecule has 2 saturated heterocycles. The molecule has 1 aromatic carbocycles. The average molecular weight is 449 g/mol. The SMILES string of the molecule is CCN(c1cc(C)nc(N2C(=O)NCC2c2ccc(Cl)c(Cl)c2)n1)C1CCCNC1. The minimum Gasteiger partial charge on any atom is -0.352 e. The van der Waals surface area contributed by atoms with Gasteiger partial charge < -0.3 is 15.5 Å². The average Bonchev–Trinajstić information content (AvgIpc) is 3.12. The summed E-state index contributed by atoms with van der Waals surface area (Å²) in [5.41, 5.74) is 1.71. The molecule has 3 heterocycles. The fraction of sp³-hybridized carbons (Fsp3) is 0.476. The number of urea groups is 1. The van der Waals surface area contributed by atoms with E-state index in [9.17, 15) is 4.79 Å². The van der Waals surface area contributed by atoms with Crippen molar-refractivity contribution in [2.75, 3.05) is 36.0 Å². The lowest BCUT2D eigenvalue weighted by Gasteiger charge is -2.35. The van der Waals surface area contributed by atoms with Crippen LogP contribution in [0.2, 0.25) is 10.0 Å². The fourth-order valence-electron chi connectivity index (χ4n) is 4.22. The van der Waals surface area contributed by atoms with Gasteiger partial charge >= 0.3 is 6.03 Å². The molecule has 0 radical (unpaired) electrons. The maximum Gasteiger partial charge on any atom is 0.325 e. The van der Waals surface area contributed by atoms with Crippen molar-refractivity contribution in [3.05, 3.63) is 45.6 Å². The summed E-state index contributed by atoms with van der Waals surface area (Å²) < 4.78 is 0. The van der Waals surface area contributed by atoms with Crippen molar-refractivity contribution in [2.45, 2.75) is 38.8 Å². The van der Waals surface area contributed by atoms with Crippen LogP contribution in [0.5, 0.6) is 0 Å². The van der Waals surface area contributed by atoms with Crippen LogP contribution in [0, 0.1) is 6.92 Å². The number of halogens is 2. The number of likely N-dealkylation sites (N-methyl/N-ethyl adjacent to an activating group) is 1. The molecule has 4 rings (SSSR count). The maximum absolute atomic E-state index is 12.7. The van der Waals surface area contributed by atoms with Crippen molar-refractivity contribution in [3.63, 3.8) is 0 Å². The van der Waals surface area contributed by atoms with Crippen molar-refractivity contribution >= 4 is 41.0 Å². The van der Waals surface area contributed by atoms with Gasteiger partial charge in [0.25, 0.3) is 0 Å². The van der Waals surface area contributed by atoms with Gasteiger partial charge in [0.1, 0.15) is 5.82 Å². The summed E-state index contributed by atoms with van der Waals surface area (Å²) in [6.45, 7) is 7.35. The standard InChI is InChI=1S/C21H26Cl2N6O/c1-3-28(15-5-4-8-24-11-15)19-9-13(2)26-20(27-19)29-18(12-25-21(29)30)14-6-7-16(22)17(23)10-14/h6-7,9-10,15,18,24H,3-5,8,11-12H2,1-2H3,(H,25,30). The third-order valence-electron chi connectivity index (χ3n) is 5.70. The Bertz CT molecular complexity index is 934. The summed E-state index contributed by atoms with van der Waals surface area (Å²) >= 11 is 12.3. The van der Waals surface area contributed by atoms with Crippen LogP contribution in [0.1, 0.15) is 37.1 Å². The highest BCUT2D eigenvalue weighted by Gasteiger charge is 2.36. The number of rotatable bonds is 5. The summed E-state index contributed by atoms with van der Waals surface area (Å²) in [5, 5.41) is 7.31. The normalized spacial score (nSPS) is 21.6. The Morgan fingerprint density at radius 1 is 1.20 bits per heavy atom. The molecule has 1 aromatic heterocycles. The van der Waals surface area contributed by atoms with Crippen LogP contribution in [-0.4, -0.2) is 48.2 Å². The zero-order valence-electron chi connectivity index (χ0n) is 17.2. The highest BCUT2D eigenvalue weighted by Crippen LogP contribution is 2.33. The zero-order valence-corrected chi connectivity index (χ0v) is 18.7. The molecule has 0 spiro atoms. The van der Waals surface area contributed by atoms with Gasteiger partial charge in [-0.05, 0) is 50.9 Å². The van der Waals surface area contributed by atoms with Crippen molar-refractivity contribution < 1.29 is 4.79 Å². The van der Waals surface area contributed by atoms with E-state index in [2.05, 4.69) is 27.4 Å². The predicted molar refractivity (Wildman–Crippen MR) is 121 cm³/mol. The molecule has 7 nitrogen and oxygen atoms in total. The Labute approximate surface area is 186 Å². The number of nitrogens with one attached hydrogen (secondary N) is 2. The second-order valence-electron chi connectivity index (χ2n) is 7.70. The molecule has 0 bridgehead atoms. The van der Waals surface area contributed by atoms with E-state index in [1.165, 1.54) is 0 Å². The van der Waals surface area contributed by atoms with Gasteiger partial charge in [-0.25, -0.2) is 9.78 Å². The largest absolute Gasteiger partial charge is 0.352 e. The summed E-state index contributed by atoms with van der Waals surface area (Å²) in [6, 6.07) is 7.32. The molecule has 160 valence electrons. The second-order valence-corrected chi connectivity index (χ2v) is 8.51. The summed E-state index contributed by atoms with van der Waals surface area (Å²) in [7, 11) is 0. The monoisotopic (exact) mass is 448 g/mol. The van der Waals surface area contributed by atoms with Crippen LogP contribution in [0.25, 0.3) is 0 Å². The molecule has 2 aliphatic rings. The number of carbonyl (C=O) groups is 1. The van der Waals surface area contributed by atoms with Gasteiger partial charge in [-0.3, -0.25) is 4.90 Å². The van der Waals surface area contributed by atoms with Crippen molar-refractivity contribution in [1.29, 1.82) is 0 Å². The number of amides is 2. The molecule has 9 heteroatoms. The van der Waals surface area contributed by atoms with Gasteiger partial charge in [0.15, 0.2) is 0 Å². The molecule has 2 aromatic rings. The van der Waals surface area contributed by atoms with E-state index in [-0.39, 0.29) is 12.1 Å². The summed E-state index contributed by atoms with van der Waals surface area (Å²) in [5.74, 6) is 1.25. The summed E-state index contributed by atoms with van der Waals surface area (Å²) in [6.07, 6.45) is 2.27. The van der Waals surface area contributed by atoms with Crippen LogP contribution in [0.15, 0.2) is 24.3 Å². The van der Waals surface area contributed by atoms with E-state index in [1.807, 2.05) is 19.1 Å². The molecule has 0 saturated carbocycles. The minimum absolute atomic E-state index is 0.218. The Balaban J connectivity index is 1.69. The number of aromatic nitrogens is 2. The highest BCUT2D eigenvalue weighted by molar-refractivity contribution is 6.42. The van der Waals surface area contributed by atoms with Gasteiger partial charge in [0.05, 0.1) is 16.1 Å². The fourth-order valence-corrected chi connectivity index (χ4v) is 4.52. The van der Waals surface area contributed by atoms with Crippen LogP contribution < -0.4 is 20.4 Å². The van der Waals surface area contributed by atoms with Crippen LogP contribution in [0.3, 0.4) is 0 Å². The van der Waals surface area contributed by atoms with Crippen molar-refractivity contribution in [1.82, 2.24) is 20.6 Å². The van der Waals surface area contributed by atoms with Gasteiger partial charge in [-0.2, -0.15) is 4.98 Å². The molecule has 2 amide bonds. The first-order valence-corrected chi connectivity index (χ1v) is 11.1. The topological polar surface area (TPSA) is 73.4 Å². The second kappa shape index (κ2) is 8.96. The molecule has 30 heavy (non-hydrogen) atoms. The smallest absolute Gasteiger partial charge is 0.325 e. The van der Waals surface area contributed by atoms with Crippen molar-refractivity contribution in [3.8, 4) is 0 Å². The van der Waals surface area contributed by atoms with E-state index >= 15 is 0 Å². The van der Waals surface area contributed by atoms with E-state index in [0.29, 0.717) is 28.6 Å². The highest BCUT2D eigenvalue weighted by atomic mass is 35.5. The zero-order chi connectivity index (χ0) is 21.3. The summed E-state index contributed by atoms with van der Waals surface area (Å²) in [4.78, 5) is 26.1. The van der Waals surface area contributed by atoms with Crippen LogP contribution >= 0.6 is 23.2 Å². The van der Waals surface area contributed by atoms with Gasteiger partial charge in [0.2, 0.25) is 5.95 Å². The molecule has 0 aliphatic carbocycles. The Morgan fingerprint density at radius 2 is 2.03 bits per heavy atom. The van der Waals surface area contributed by atoms with Gasteiger partial charge in [0, 0.05) is 37.4 Å². The Morgan fingerprint density at radius 3 is 2.73 bits per heavy atom. The first kappa shape index (κ1) is 21.2. The first-order chi connectivity index (χ1) is 14.5. The number of hydrogen-bond acceptors (Lipinski definition) is 5. The third kappa shape index (κ3) is 4.19. The van der Waals surface area contributed by atoms with Crippen molar-refractivity contribution in [2.24, 2.45) is 0 Å². The number of hydrogen-bond donors (Lipinski definition) is 2. The number of piperidine rings is 1. The molecular weight excluding hydrogens is 423 g/mol. The molecule has 2 fully saturated rings. The minimum atomic E-state index is -0.256. The predicted octanol–water partition coefficient (Wildman–Crippen LogP) is 3.94. The lowest BCUT2D eigenvalue weighted by molar-refractivity contribution is 0.251. The van der Waals surface area contributed by atoms with Crippen LogP contribution in [-0.2, 0) is 0 Å². The molecule has 2 atom stereocenters. The van der Waals surface area contributed by atoms with E-state index in [4.69, 9.17) is 28.2 Å². The van der Waals surface area contributed by atoms with Gasteiger partial charge in [-0.1, -0.05) is 29.3 Å². The molecular formula is C21H26Cl2N6O. The number of aryl methyl sites for hydroxylation is 1. The van der Waals surface area contributed by atoms with E-state index in [1.54, 1.807) is 17.0 Å². The number of anilines is 2. The quantitative estimate of drug-likeness (QED) is 0.724. The Kier molecular flexibility index (Phi) is 6.32. The number of benzene rings is 1. The Hall–Kier alpha value is -2.09. The molecule has 2 aliphatic heterocycles. The van der Waals surface area contributed by atoms with Crippen LogP contribution in [0.4, 0.5) is 16.6 Å². The first-order valence-electron chi connectivity index (χ1n) is 10.3. The molecule has 2 N–H and O–H groups in total. The maximum atomic E-state index is 12.7. The number of nitrogens with zero attached hydrogens (tertiary/aromatic N) is 4. The third-order valence-corrected chi connectivity index (χ3v) is 6.44. The van der Waals surface area contributed by atoms with E-state index < -0.39 is 0 Å². The molecule has 2 unspecified atom stereocenters. The van der Waals surface area contributed by atoms with E-state index in [0.717, 1.165) is 49.6 Å². The lowest BCUT2D eigenvalue weighted by Crippen LogP contribution is -2.46. The number of carbonyl (C=O) groups excluding carboxylic acids is 1. The van der Waals surface area contributed by atoms with Gasteiger partial charge in [-0.15, -0.1) is 0 Å².